The molecule has 1 aromatic rings. The molecular formula is C10H10F3NO4S2. The van der Waals surface area contributed by atoms with Crippen LogP contribution in [0.4, 0.5) is 13.2 Å². The predicted molar refractivity (Wildman–Crippen MR) is 63.8 cm³/mol. The van der Waals surface area contributed by atoms with Gasteiger partial charge < -0.3 is 5.11 Å². The molecule has 0 radical (unpaired) electrons. The number of sulfonamides is 1. The Labute approximate surface area is 116 Å². The molecule has 1 aliphatic heterocycles. The van der Waals surface area contributed by atoms with Crippen LogP contribution < -0.4 is 0 Å². The Kier molecular flexibility index (Phi) is 3.82. The molecule has 1 aliphatic rings. The third-order valence-electron chi connectivity index (χ3n) is 2.96. The molecule has 0 aliphatic carbocycles. The van der Waals surface area contributed by atoms with Gasteiger partial charge in [-0.1, -0.05) is 0 Å². The number of aliphatic carboxylic acids is 1. The third kappa shape index (κ3) is 2.81. The summed E-state index contributed by atoms with van der Waals surface area (Å²) in [5.41, 5.74) is 0. The Balaban J connectivity index is 2.24. The third-order valence-corrected chi connectivity index (χ3v) is 6.42. The molecule has 0 bridgehead atoms. The van der Waals surface area contributed by atoms with Crippen LogP contribution in [0.1, 0.15) is 11.3 Å². The van der Waals surface area contributed by atoms with Gasteiger partial charge in [-0.3, -0.25) is 4.79 Å². The Bertz CT molecular complexity index is 623. The standard InChI is InChI=1S/C10H10F3NO4S2/c11-10(12,13)7-1-2-8(19-7)20(17,18)14-4-3-6(5-14)9(15)16/h1-2,6H,3-5H2,(H,15,16). The van der Waals surface area contributed by atoms with E-state index in [1.807, 2.05) is 0 Å². The van der Waals surface area contributed by atoms with E-state index in [0.29, 0.717) is 6.07 Å². The van der Waals surface area contributed by atoms with E-state index in [1.165, 1.54) is 0 Å². The second-order valence-electron chi connectivity index (χ2n) is 4.30. The van der Waals surface area contributed by atoms with Crippen LogP contribution in [0.2, 0.25) is 0 Å². The minimum Gasteiger partial charge on any atom is -0.481 e. The Morgan fingerprint density at radius 1 is 1.40 bits per heavy atom. The number of rotatable bonds is 3. The first-order valence-electron chi connectivity index (χ1n) is 5.52. The van der Waals surface area contributed by atoms with E-state index >= 15 is 0 Å². The van der Waals surface area contributed by atoms with Crippen LogP contribution in [0.25, 0.3) is 0 Å². The van der Waals surface area contributed by atoms with E-state index in [2.05, 4.69) is 0 Å². The molecule has 2 rings (SSSR count). The SMILES string of the molecule is O=C(O)C1CCN(S(=O)(=O)c2ccc(C(F)(F)F)s2)C1. The number of carboxylic acid groups (broad SMARTS) is 1. The van der Waals surface area contributed by atoms with Gasteiger partial charge in [0.1, 0.15) is 9.09 Å². The van der Waals surface area contributed by atoms with Gasteiger partial charge in [0.25, 0.3) is 10.0 Å². The summed E-state index contributed by atoms with van der Waals surface area (Å²) in [6, 6.07) is 1.61. The smallest absolute Gasteiger partial charge is 0.425 e. The fourth-order valence-corrected chi connectivity index (χ4v) is 4.71. The van der Waals surface area contributed by atoms with Gasteiger partial charge >= 0.3 is 12.1 Å². The average Bonchev–Trinajstić information content (AvgIpc) is 2.98. The first-order valence-corrected chi connectivity index (χ1v) is 7.78. The highest BCUT2D eigenvalue weighted by Crippen LogP contribution is 2.37. The van der Waals surface area contributed by atoms with Crippen molar-refractivity contribution in [3.05, 3.63) is 17.0 Å². The molecule has 112 valence electrons. The molecule has 0 saturated carbocycles. The maximum Gasteiger partial charge on any atom is 0.425 e. The van der Waals surface area contributed by atoms with Gasteiger partial charge in [0.15, 0.2) is 0 Å². The highest BCUT2D eigenvalue weighted by molar-refractivity contribution is 7.91. The van der Waals surface area contributed by atoms with Gasteiger partial charge in [0.05, 0.1) is 5.92 Å². The Hall–Kier alpha value is -1.13. The molecule has 1 fully saturated rings. The van der Waals surface area contributed by atoms with Crippen LogP contribution in [0.5, 0.6) is 0 Å². The lowest BCUT2D eigenvalue weighted by Gasteiger charge is -2.14. The van der Waals surface area contributed by atoms with Gasteiger partial charge in [-0.25, -0.2) is 8.42 Å². The summed E-state index contributed by atoms with van der Waals surface area (Å²) in [6.07, 6.45) is -4.43. The van der Waals surface area contributed by atoms with Crippen molar-refractivity contribution in [3.8, 4) is 0 Å². The van der Waals surface area contributed by atoms with Crippen LogP contribution in [0, 0.1) is 5.92 Å². The summed E-state index contributed by atoms with van der Waals surface area (Å²) in [5.74, 6) is -1.92. The predicted octanol–water partition coefficient (Wildman–Crippen LogP) is 1.86. The van der Waals surface area contributed by atoms with Crippen molar-refractivity contribution in [3.63, 3.8) is 0 Å². The topological polar surface area (TPSA) is 74.7 Å². The van der Waals surface area contributed by atoms with Crippen LogP contribution in [0.15, 0.2) is 16.3 Å². The number of nitrogens with zero attached hydrogens (tertiary/aromatic N) is 1. The zero-order valence-electron chi connectivity index (χ0n) is 9.92. The zero-order valence-corrected chi connectivity index (χ0v) is 11.6. The Morgan fingerprint density at radius 3 is 2.50 bits per heavy atom. The number of thiophene rings is 1. The summed E-state index contributed by atoms with van der Waals surface area (Å²) in [5, 5.41) is 8.81. The van der Waals surface area contributed by atoms with E-state index in [0.717, 1.165) is 10.4 Å². The summed E-state index contributed by atoms with van der Waals surface area (Å²) >= 11 is 0.141. The zero-order chi connectivity index (χ0) is 15.1. The summed E-state index contributed by atoms with van der Waals surface area (Å²) < 4.78 is 62.1. The van der Waals surface area contributed by atoms with E-state index in [-0.39, 0.29) is 30.8 Å². The molecule has 0 aromatic carbocycles. The van der Waals surface area contributed by atoms with Gasteiger partial charge in [-0.15, -0.1) is 11.3 Å². The molecule has 1 atom stereocenters. The highest BCUT2D eigenvalue weighted by Gasteiger charge is 2.39. The van der Waals surface area contributed by atoms with Gasteiger partial charge in [-0.05, 0) is 18.6 Å². The van der Waals surface area contributed by atoms with E-state index < -0.39 is 37.2 Å². The lowest BCUT2D eigenvalue weighted by molar-refractivity contribution is -0.141. The number of carbonyl (C=O) groups is 1. The van der Waals surface area contributed by atoms with Crippen molar-refractivity contribution < 1.29 is 31.5 Å². The number of halogens is 3. The van der Waals surface area contributed by atoms with Crippen molar-refractivity contribution >= 4 is 27.3 Å². The van der Waals surface area contributed by atoms with Gasteiger partial charge in [0, 0.05) is 13.1 Å². The van der Waals surface area contributed by atoms with Crippen molar-refractivity contribution in [2.24, 2.45) is 5.92 Å². The van der Waals surface area contributed by atoms with Crippen molar-refractivity contribution in [1.29, 1.82) is 0 Å². The van der Waals surface area contributed by atoms with E-state index in [9.17, 15) is 26.4 Å². The van der Waals surface area contributed by atoms with Crippen LogP contribution in [0.3, 0.4) is 0 Å². The molecule has 2 heterocycles. The molecule has 1 saturated heterocycles. The number of carboxylic acids is 1. The van der Waals surface area contributed by atoms with Crippen LogP contribution >= 0.6 is 11.3 Å². The normalized spacial score (nSPS) is 21.2. The molecule has 1 aromatic heterocycles. The molecule has 0 spiro atoms. The number of hydrogen-bond donors (Lipinski definition) is 1. The molecule has 1 unspecified atom stereocenters. The second kappa shape index (κ2) is 5.01. The molecule has 10 heteroatoms. The summed E-state index contributed by atoms with van der Waals surface area (Å²) in [6.45, 7) is -0.213. The van der Waals surface area contributed by atoms with E-state index in [1.54, 1.807) is 0 Å². The fourth-order valence-electron chi connectivity index (χ4n) is 1.89. The van der Waals surface area contributed by atoms with E-state index in [4.69, 9.17) is 5.11 Å². The molecule has 0 amide bonds. The Morgan fingerprint density at radius 2 is 2.05 bits per heavy atom. The largest absolute Gasteiger partial charge is 0.481 e. The van der Waals surface area contributed by atoms with Crippen molar-refractivity contribution in [2.45, 2.75) is 16.8 Å². The van der Waals surface area contributed by atoms with Crippen molar-refractivity contribution in [2.75, 3.05) is 13.1 Å². The fraction of sp³-hybridized carbons (Fsp3) is 0.500. The number of hydrogen-bond acceptors (Lipinski definition) is 4. The summed E-state index contributed by atoms with van der Waals surface area (Å²) in [7, 11) is -4.06. The molecular weight excluding hydrogens is 319 g/mol. The minimum absolute atomic E-state index is 0.00144. The molecule has 1 N–H and O–H groups in total. The lowest BCUT2D eigenvalue weighted by atomic mass is 10.1. The van der Waals surface area contributed by atoms with Crippen LogP contribution in [-0.4, -0.2) is 36.9 Å². The lowest BCUT2D eigenvalue weighted by Crippen LogP contribution is -2.29. The minimum atomic E-state index is -4.59. The molecule has 20 heavy (non-hydrogen) atoms. The first kappa shape index (κ1) is 15.3. The van der Waals surface area contributed by atoms with Crippen LogP contribution in [-0.2, 0) is 21.0 Å². The second-order valence-corrected chi connectivity index (χ2v) is 7.55. The number of alkyl halides is 3. The highest BCUT2D eigenvalue weighted by atomic mass is 32.2. The molecule has 5 nitrogen and oxygen atoms in total. The van der Waals surface area contributed by atoms with Gasteiger partial charge in [0.2, 0.25) is 0 Å². The van der Waals surface area contributed by atoms with Gasteiger partial charge in [-0.2, -0.15) is 17.5 Å². The maximum atomic E-state index is 12.5. The average molecular weight is 329 g/mol. The maximum absolute atomic E-state index is 12.5. The quantitative estimate of drug-likeness (QED) is 0.918. The summed E-state index contributed by atoms with van der Waals surface area (Å²) in [4.78, 5) is 9.78. The first-order chi connectivity index (χ1) is 9.12. The monoisotopic (exact) mass is 329 g/mol. The van der Waals surface area contributed by atoms with Crippen molar-refractivity contribution in [1.82, 2.24) is 4.31 Å².